The minimum atomic E-state index is -0.388. The zero-order valence-electron chi connectivity index (χ0n) is 9.67. The Morgan fingerprint density at radius 1 is 1.33 bits per heavy atom. The fraction of sp³-hybridized carbons (Fsp3) is 0.154. The van der Waals surface area contributed by atoms with Gasteiger partial charge in [-0.05, 0) is 41.1 Å². The Morgan fingerprint density at radius 2 is 2.11 bits per heavy atom. The Balaban J connectivity index is 2.11. The molecule has 0 fully saturated rings. The van der Waals surface area contributed by atoms with Gasteiger partial charge in [0, 0.05) is 16.6 Å². The number of pyridine rings is 1. The molecule has 1 aromatic carbocycles. The number of hydrogen-bond acceptors (Lipinski definition) is 2. The molecule has 0 amide bonds. The lowest BCUT2D eigenvalue weighted by Crippen LogP contribution is -2.04. The van der Waals surface area contributed by atoms with E-state index in [9.17, 15) is 4.39 Å². The van der Waals surface area contributed by atoms with Crippen LogP contribution in [0.5, 0.6) is 0 Å². The summed E-state index contributed by atoms with van der Waals surface area (Å²) in [6.45, 7) is 2.25. The van der Waals surface area contributed by atoms with Gasteiger partial charge in [-0.1, -0.05) is 23.7 Å². The molecule has 0 atom stereocenters. The molecule has 0 bridgehead atoms. The van der Waals surface area contributed by atoms with Gasteiger partial charge >= 0.3 is 0 Å². The number of halogens is 3. The maximum atomic E-state index is 13.6. The zero-order valence-corrected chi connectivity index (χ0v) is 12.0. The maximum absolute atomic E-state index is 13.6. The van der Waals surface area contributed by atoms with E-state index in [0.29, 0.717) is 17.9 Å². The second-order valence-corrected chi connectivity index (χ2v) is 5.09. The van der Waals surface area contributed by atoms with Gasteiger partial charge in [0.05, 0.1) is 10.7 Å². The predicted molar refractivity (Wildman–Crippen MR) is 75.4 cm³/mol. The van der Waals surface area contributed by atoms with Crippen LogP contribution in [-0.2, 0) is 6.54 Å². The van der Waals surface area contributed by atoms with Crippen LogP contribution >= 0.6 is 27.5 Å². The van der Waals surface area contributed by atoms with Crippen molar-refractivity contribution >= 4 is 33.3 Å². The van der Waals surface area contributed by atoms with Gasteiger partial charge in [-0.3, -0.25) is 0 Å². The molecular formula is C13H11BrClFN2. The molecule has 0 aliphatic heterocycles. The summed E-state index contributed by atoms with van der Waals surface area (Å²) in [6.07, 6.45) is 0. The van der Waals surface area contributed by atoms with E-state index in [1.807, 2.05) is 19.1 Å². The van der Waals surface area contributed by atoms with Crippen LogP contribution in [0.15, 0.2) is 34.8 Å². The summed E-state index contributed by atoms with van der Waals surface area (Å²) in [5, 5.41) is 3.20. The van der Waals surface area contributed by atoms with Gasteiger partial charge in [0.25, 0.3) is 0 Å². The summed E-state index contributed by atoms with van der Waals surface area (Å²) in [5.74, 6) is 0.315. The molecule has 0 saturated heterocycles. The molecule has 0 aliphatic rings. The standard InChI is InChI=1S/C13H11BrClFN2/c1-8-10(14)5-6-12(18-8)17-7-9-3-2-4-11(15)13(9)16/h2-6H,7H2,1H3,(H,17,18). The molecular weight excluding hydrogens is 319 g/mol. The fourth-order valence-electron chi connectivity index (χ4n) is 1.51. The molecule has 0 aliphatic carbocycles. The van der Waals surface area contributed by atoms with Crippen LogP contribution in [0.4, 0.5) is 10.2 Å². The number of aryl methyl sites for hydroxylation is 1. The average Bonchev–Trinajstić information content (AvgIpc) is 2.35. The van der Waals surface area contributed by atoms with Gasteiger partial charge in [0.1, 0.15) is 11.6 Å². The SMILES string of the molecule is Cc1nc(NCc2cccc(Cl)c2F)ccc1Br. The quantitative estimate of drug-likeness (QED) is 0.893. The molecule has 18 heavy (non-hydrogen) atoms. The first-order valence-electron chi connectivity index (χ1n) is 5.38. The summed E-state index contributed by atoms with van der Waals surface area (Å²) in [7, 11) is 0. The summed E-state index contributed by atoms with van der Waals surface area (Å²) in [6, 6.07) is 8.68. The Hall–Kier alpha value is -1.13. The van der Waals surface area contributed by atoms with Crippen LogP contribution in [0.1, 0.15) is 11.3 Å². The lowest BCUT2D eigenvalue weighted by Gasteiger charge is -2.08. The van der Waals surface area contributed by atoms with Crippen LogP contribution in [0.3, 0.4) is 0 Å². The third-order valence-electron chi connectivity index (χ3n) is 2.51. The van der Waals surface area contributed by atoms with Gasteiger partial charge in [-0.2, -0.15) is 0 Å². The lowest BCUT2D eigenvalue weighted by atomic mass is 10.2. The first-order valence-corrected chi connectivity index (χ1v) is 6.55. The summed E-state index contributed by atoms with van der Waals surface area (Å²) >= 11 is 9.10. The van der Waals surface area contributed by atoms with Gasteiger partial charge in [-0.15, -0.1) is 0 Å². The highest BCUT2D eigenvalue weighted by molar-refractivity contribution is 9.10. The van der Waals surface area contributed by atoms with Crippen molar-refractivity contribution in [2.75, 3.05) is 5.32 Å². The highest BCUT2D eigenvalue weighted by Crippen LogP contribution is 2.20. The molecule has 1 N–H and O–H groups in total. The van der Waals surface area contributed by atoms with Crippen LogP contribution in [-0.4, -0.2) is 4.98 Å². The van der Waals surface area contributed by atoms with Gasteiger partial charge in [-0.25, -0.2) is 9.37 Å². The molecule has 5 heteroatoms. The number of aromatic nitrogens is 1. The van der Waals surface area contributed by atoms with Crippen LogP contribution in [0.25, 0.3) is 0 Å². The van der Waals surface area contributed by atoms with E-state index in [0.717, 1.165) is 10.2 Å². The van der Waals surface area contributed by atoms with Crippen LogP contribution in [0, 0.1) is 12.7 Å². The zero-order chi connectivity index (χ0) is 13.1. The van der Waals surface area contributed by atoms with E-state index in [2.05, 4.69) is 26.2 Å². The van der Waals surface area contributed by atoms with Crippen molar-refractivity contribution in [3.8, 4) is 0 Å². The Labute approximate surface area is 118 Å². The van der Waals surface area contributed by atoms with Gasteiger partial charge < -0.3 is 5.32 Å². The third-order valence-corrected chi connectivity index (χ3v) is 3.64. The molecule has 1 aromatic heterocycles. The van der Waals surface area contributed by atoms with Crippen molar-refractivity contribution in [3.63, 3.8) is 0 Å². The first-order chi connectivity index (χ1) is 8.58. The van der Waals surface area contributed by atoms with Crippen molar-refractivity contribution in [2.45, 2.75) is 13.5 Å². The molecule has 94 valence electrons. The van der Waals surface area contributed by atoms with Gasteiger partial charge in [0.15, 0.2) is 0 Å². The lowest BCUT2D eigenvalue weighted by molar-refractivity contribution is 0.613. The number of anilines is 1. The van der Waals surface area contributed by atoms with E-state index < -0.39 is 0 Å². The van der Waals surface area contributed by atoms with Crippen molar-refractivity contribution in [1.82, 2.24) is 4.98 Å². The van der Waals surface area contributed by atoms with E-state index in [1.54, 1.807) is 12.1 Å². The Kier molecular flexibility index (Phi) is 4.19. The van der Waals surface area contributed by atoms with E-state index >= 15 is 0 Å². The minimum absolute atomic E-state index is 0.134. The van der Waals surface area contributed by atoms with Crippen LogP contribution < -0.4 is 5.32 Å². The molecule has 2 rings (SSSR count). The predicted octanol–water partition coefficient (Wildman–Crippen LogP) is 4.56. The average molecular weight is 330 g/mol. The van der Waals surface area contributed by atoms with Gasteiger partial charge in [0.2, 0.25) is 0 Å². The van der Waals surface area contributed by atoms with Crippen molar-refractivity contribution in [2.24, 2.45) is 0 Å². The normalized spacial score (nSPS) is 10.4. The van der Waals surface area contributed by atoms with Crippen molar-refractivity contribution < 1.29 is 4.39 Å². The smallest absolute Gasteiger partial charge is 0.146 e. The third kappa shape index (κ3) is 3.00. The molecule has 0 radical (unpaired) electrons. The summed E-state index contributed by atoms with van der Waals surface area (Å²) < 4.78 is 14.6. The topological polar surface area (TPSA) is 24.9 Å². The number of hydrogen-bond donors (Lipinski definition) is 1. The summed E-state index contributed by atoms with van der Waals surface area (Å²) in [5.41, 5.74) is 1.40. The molecule has 0 saturated carbocycles. The Bertz CT molecular complexity index is 575. The summed E-state index contributed by atoms with van der Waals surface area (Å²) in [4.78, 5) is 4.33. The first kappa shape index (κ1) is 13.3. The van der Waals surface area contributed by atoms with E-state index in [-0.39, 0.29) is 10.8 Å². The van der Waals surface area contributed by atoms with Crippen LogP contribution in [0.2, 0.25) is 5.02 Å². The second kappa shape index (κ2) is 5.67. The maximum Gasteiger partial charge on any atom is 0.146 e. The minimum Gasteiger partial charge on any atom is -0.366 e. The Morgan fingerprint density at radius 3 is 2.83 bits per heavy atom. The molecule has 1 heterocycles. The largest absolute Gasteiger partial charge is 0.366 e. The number of benzene rings is 1. The monoisotopic (exact) mass is 328 g/mol. The highest BCUT2D eigenvalue weighted by Gasteiger charge is 2.06. The molecule has 0 spiro atoms. The number of rotatable bonds is 3. The number of nitrogens with one attached hydrogen (secondary N) is 1. The molecule has 2 nitrogen and oxygen atoms in total. The highest BCUT2D eigenvalue weighted by atomic mass is 79.9. The van der Waals surface area contributed by atoms with Crippen molar-refractivity contribution in [1.29, 1.82) is 0 Å². The van der Waals surface area contributed by atoms with E-state index in [1.165, 1.54) is 6.07 Å². The molecule has 0 unspecified atom stereocenters. The van der Waals surface area contributed by atoms with E-state index in [4.69, 9.17) is 11.6 Å². The van der Waals surface area contributed by atoms with Crippen molar-refractivity contribution in [3.05, 3.63) is 56.9 Å². The second-order valence-electron chi connectivity index (χ2n) is 3.83. The number of nitrogens with zero attached hydrogens (tertiary/aromatic N) is 1. The molecule has 2 aromatic rings. The fourth-order valence-corrected chi connectivity index (χ4v) is 1.93.